The van der Waals surface area contributed by atoms with E-state index in [1.54, 1.807) is 24.3 Å². The minimum Gasteiger partial charge on any atom is -0.431 e. The van der Waals surface area contributed by atoms with Gasteiger partial charge >= 0.3 is 6.18 Å². The lowest BCUT2D eigenvalue weighted by Gasteiger charge is -2.12. The molecule has 0 bridgehead atoms. The number of aromatic nitrogens is 1. The molecule has 1 N–H and O–H groups in total. The second-order valence-electron chi connectivity index (χ2n) is 3.32. The summed E-state index contributed by atoms with van der Waals surface area (Å²) in [5, 5.41) is 8.93. The third-order valence-corrected chi connectivity index (χ3v) is 2.92. The molecule has 2 aromatic rings. The summed E-state index contributed by atoms with van der Waals surface area (Å²) in [6.07, 6.45) is -6.98. The van der Waals surface area contributed by atoms with Crippen LogP contribution in [-0.2, 0) is 0 Å². The number of aliphatic hydroxyl groups is 1. The van der Waals surface area contributed by atoms with Gasteiger partial charge in [-0.2, -0.15) is 13.2 Å². The van der Waals surface area contributed by atoms with Crippen molar-refractivity contribution >= 4 is 22.9 Å². The summed E-state index contributed by atoms with van der Waals surface area (Å²) in [4.78, 5) is 3.98. The van der Waals surface area contributed by atoms with Crippen LogP contribution in [0.25, 0.3) is 11.1 Å². The lowest BCUT2D eigenvalue weighted by molar-refractivity contribution is -0.195. The van der Waals surface area contributed by atoms with E-state index in [1.807, 2.05) is 0 Å². The minimum atomic E-state index is -4.61. The van der Waals surface area contributed by atoms with Crippen molar-refractivity contribution in [2.75, 3.05) is 5.75 Å². The van der Waals surface area contributed by atoms with E-state index in [9.17, 15) is 13.2 Å². The quantitative estimate of drug-likeness (QED) is 0.865. The van der Waals surface area contributed by atoms with E-state index in [1.165, 1.54) is 0 Å². The fraction of sp³-hybridized carbons (Fsp3) is 0.300. The normalized spacial score (nSPS) is 14.1. The number of alkyl halides is 3. The van der Waals surface area contributed by atoms with Crippen LogP contribution in [0.1, 0.15) is 0 Å². The fourth-order valence-electron chi connectivity index (χ4n) is 1.16. The number of para-hydroxylation sites is 2. The number of fused-ring (bicyclic) bond motifs is 1. The summed E-state index contributed by atoms with van der Waals surface area (Å²) < 4.78 is 41.3. The highest BCUT2D eigenvalue weighted by Crippen LogP contribution is 2.28. The molecule has 1 aromatic heterocycles. The van der Waals surface area contributed by atoms with Gasteiger partial charge in [0.25, 0.3) is 5.22 Å². The van der Waals surface area contributed by atoms with E-state index in [-0.39, 0.29) is 5.22 Å². The molecule has 3 nitrogen and oxygen atoms in total. The van der Waals surface area contributed by atoms with Crippen LogP contribution < -0.4 is 0 Å². The van der Waals surface area contributed by atoms with Gasteiger partial charge in [-0.05, 0) is 12.1 Å². The SMILES string of the molecule is O[C@H](CSc1nc2ccccc2o1)C(F)(F)F. The predicted octanol–water partition coefficient (Wildman–Crippen LogP) is 2.84. The highest BCUT2D eigenvalue weighted by molar-refractivity contribution is 7.99. The summed E-state index contributed by atoms with van der Waals surface area (Å²) in [6, 6.07) is 6.87. The summed E-state index contributed by atoms with van der Waals surface area (Å²) in [5.41, 5.74) is 1.09. The maximum absolute atomic E-state index is 12.0. The zero-order valence-electron chi connectivity index (χ0n) is 8.44. The summed E-state index contributed by atoms with van der Waals surface area (Å²) >= 11 is 0.733. The van der Waals surface area contributed by atoms with Crippen LogP contribution in [-0.4, -0.2) is 28.1 Å². The number of oxazole rings is 1. The predicted molar refractivity (Wildman–Crippen MR) is 56.8 cm³/mol. The highest BCUT2D eigenvalue weighted by Gasteiger charge is 2.38. The number of thioether (sulfide) groups is 1. The molecule has 1 aromatic carbocycles. The third-order valence-electron chi connectivity index (χ3n) is 2.02. The first-order chi connectivity index (χ1) is 7.97. The van der Waals surface area contributed by atoms with Crippen molar-refractivity contribution < 1.29 is 22.7 Å². The lowest BCUT2D eigenvalue weighted by atomic mass is 10.3. The van der Waals surface area contributed by atoms with Crippen LogP contribution in [0.3, 0.4) is 0 Å². The van der Waals surface area contributed by atoms with E-state index >= 15 is 0 Å². The number of hydrogen-bond acceptors (Lipinski definition) is 4. The number of halogens is 3. The standard InChI is InChI=1S/C10H8F3NO2S/c11-10(12,13)8(15)5-17-9-14-6-3-1-2-4-7(6)16-9/h1-4,8,15H,5H2/t8-/m1/s1. The van der Waals surface area contributed by atoms with Gasteiger partial charge in [-0.25, -0.2) is 4.98 Å². The van der Waals surface area contributed by atoms with E-state index < -0.39 is 18.0 Å². The Bertz CT molecular complexity index is 478. The Balaban J connectivity index is 2.04. The van der Waals surface area contributed by atoms with Gasteiger partial charge in [0.05, 0.1) is 0 Å². The van der Waals surface area contributed by atoms with E-state index in [0.717, 1.165) is 11.8 Å². The van der Waals surface area contributed by atoms with Crippen molar-refractivity contribution in [3.8, 4) is 0 Å². The maximum Gasteiger partial charge on any atom is 0.415 e. The molecular formula is C10H8F3NO2S. The fourth-order valence-corrected chi connectivity index (χ4v) is 1.96. The summed E-state index contributed by atoms with van der Waals surface area (Å²) in [5.74, 6) is -0.531. The maximum atomic E-state index is 12.0. The second kappa shape index (κ2) is 4.58. The molecule has 0 fully saturated rings. The van der Waals surface area contributed by atoms with Crippen LogP contribution in [0, 0.1) is 0 Å². The van der Waals surface area contributed by atoms with Crippen LogP contribution in [0.15, 0.2) is 33.9 Å². The number of aliphatic hydroxyl groups excluding tert-OH is 1. The van der Waals surface area contributed by atoms with Crippen LogP contribution in [0.4, 0.5) is 13.2 Å². The average Bonchev–Trinajstić information content (AvgIpc) is 2.66. The molecule has 0 aliphatic heterocycles. The van der Waals surface area contributed by atoms with Crippen LogP contribution in [0.2, 0.25) is 0 Å². The zero-order chi connectivity index (χ0) is 12.5. The van der Waals surface area contributed by atoms with Gasteiger partial charge in [0, 0.05) is 5.75 Å². The Morgan fingerprint density at radius 2 is 2.06 bits per heavy atom. The Hall–Kier alpha value is -1.21. The topological polar surface area (TPSA) is 46.3 Å². The van der Waals surface area contributed by atoms with Crippen molar-refractivity contribution in [2.45, 2.75) is 17.5 Å². The molecule has 7 heteroatoms. The third kappa shape index (κ3) is 2.92. The molecule has 0 aliphatic rings. The molecule has 0 amide bonds. The smallest absolute Gasteiger partial charge is 0.415 e. The minimum absolute atomic E-state index is 0.120. The van der Waals surface area contributed by atoms with Crippen LogP contribution >= 0.6 is 11.8 Å². The second-order valence-corrected chi connectivity index (χ2v) is 4.29. The van der Waals surface area contributed by atoms with Gasteiger partial charge in [0.2, 0.25) is 0 Å². The van der Waals surface area contributed by atoms with Gasteiger partial charge in [-0.15, -0.1) is 0 Å². The largest absolute Gasteiger partial charge is 0.431 e. The molecule has 0 unspecified atom stereocenters. The molecule has 0 spiro atoms. The van der Waals surface area contributed by atoms with Crippen molar-refractivity contribution in [1.82, 2.24) is 4.98 Å². The van der Waals surface area contributed by atoms with Crippen molar-refractivity contribution in [3.63, 3.8) is 0 Å². The van der Waals surface area contributed by atoms with Gasteiger partial charge in [-0.3, -0.25) is 0 Å². The number of benzene rings is 1. The van der Waals surface area contributed by atoms with E-state index in [4.69, 9.17) is 9.52 Å². The molecule has 17 heavy (non-hydrogen) atoms. The Morgan fingerprint density at radius 1 is 1.35 bits per heavy atom. The summed E-state index contributed by atoms with van der Waals surface area (Å²) in [6.45, 7) is 0. The van der Waals surface area contributed by atoms with Crippen molar-refractivity contribution in [3.05, 3.63) is 24.3 Å². The lowest BCUT2D eigenvalue weighted by Crippen LogP contribution is -2.30. The molecule has 1 atom stereocenters. The molecule has 0 saturated heterocycles. The van der Waals surface area contributed by atoms with E-state index in [2.05, 4.69) is 4.98 Å². The highest BCUT2D eigenvalue weighted by atomic mass is 32.2. The molecule has 1 heterocycles. The van der Waals surface area contributed by atoms with Crippen molar-refractivity contribution in [2.24, 2.45) is 0 Å². The molecule has 2 rings (SSSR count). The van der Waals surface area contributed by atoms with Gasteiger partial charge in [0.15, 0.2) is 11.7 Å². The van der Waals surface area contributed by atoms with Gasteiger partial charge in [0.1, 0.15) is 5.52 Å². The van der Waals surface area contributed by atoms with Gasteiger partial charge in [-0.1, -0.05) is 23.9 Å². The molecule has 92 valence electrons. The molecule has 0 aliphatic carbocycles. The Kier molecular flexibility index (Phi) is 3.30. The monoisotopic (exact) mass is 263 g/mol. The van der Waals surface area contributed by atoms with Crippen molar-refractivity contribution in [1.29, 1.82) is 0 Å². The Labute approximate surface area is 98.6 Å². The van der Waals surface area contributed by atoms with Crippen LogP contribution in [0.5, 0.6) is 0 Å². The summed E-state index contributed by atoms with van der Waals surface area (Å²) in [7, 11) is 0. The number of hydrogen-bond donors (Lipinski definition) is 1. The molecule has 0 radical (unpaired) electrons. The van der Waals surface area contributed by atoms with E-state index in [0.29, 0.717) is 11.1 Å². The number of nitrogens with zero attached hydrogens (tertiary/aromatic N) is 1. The first kappa shape index (κ1) is 12.3. The molecular weight excluding hydrogens is 255 g/mol. The number of rotatable bonds is 3. The first-order valence-corrected chi connectivity index (χ1v) is 5.68. The molecule has 0 saturated carbocycles. The average molecular weight is 263 g/mol. The van der Waals surface area contributed by atoms with Gasteiger partial charge < -0.3 is 9.52 Å². The zero-order valence-corrected chi connectivity index (χ0v) is 9.26. The first-order valence-electron chi connectivity index (χ1n) is 4.70. The Morgan fingerprint density at radius 3 is 2.71 bits per heavy atom.